The molecule has 0 aliphatic carbocycles. The van der Waals surface area contributed by atoms with Gasteiger partial charge in [0.1, 0.15) is 12.1 Å². The predicted molar refractivity (Wildman–Crippen MR) is 122 cm³/mol. The molecule has 1 atom stereocenters. The van der Waals surface area contributed by atoms with Gasteiger partial charge in [-0.05, 0) is 37.6 Å². The molecule has 31 heavy (non-hydrogen) atoms. The van der Waals surface area contributed by atoms with Gasteiger partial charge in [-0.3, -0.25) is 14.5 Å². The van der Waals surface area contributed by atoms with Crippen LogP contribution in [0.1, 0.15) is 18.1 Å². The van der Waals surface area contributed by atoms with Gasteiger partial charge in [0, 0.05) is 41.9 Å². The van der Waals surface area contributed by atoms with Crippen molar-refractivity contribution in [3.8, 4) is 0 Å². The van der Waals surface area contributed by atoms with Crippen LogP contribution in [-0.2, 0) is 15.1 Å². The zero-order valence-corrected chi connectivity index (χ0v) is 19.2. The number of aryl methyl sites for hydroxylation is 1. The van der Waals surface area contributed by atoms with Crippen molar-refractivity contribution in [2.45, 2.75) is 19.4 Å². The molecule has 2 heterocycles. The van der Waals surface area contributed by atoms with E-state index in [-0.39, 0.29) is 12.5 Å². The van der Waals surface area contributed by atoms with Gasteiger partial charge in [-0.25, -0.2) is 4.79 Å². The van der Waals surface area contributed by atoms with Crippen LogP contribution in [-0.4, -0.2) is 60.4 Å². The summed E-state index contributed by atoms with van der Waals surface area (Å²) in [6, 6.07) is 15.0. The molecule has 1 unspecified atom stereocenters. The van der Waals surface area contributed by atoms with Crippen molar-refractivity contribution >= 4 is 39.5 Å². The summed E-state index contributed by atoms with van der Waals surface area (Å²) < 4.78 is 0.728. The average molecular weight is 485 g/mol. The molecule has 2 aliphatic heterocycles. The summed E-state index contributed by atoms with van der Waals surface area (Å²) in [7, 11) is 0. The number of hydrogen-bond acceptors (Lipinski definition) is 4. The van der Waals surface area contributed by atoms with Gasteiger partial charge in [0.15, 0.2) is 0 Å². The van der Waals surface area contributed by atoms with E-state index in [0.29, 0.717) is 31.7 Å². The summed E-state index contributed by atoms with van der Waals surface area (Å²) in [4.78, 5) is 43.6. The molecule has 0 bridgehead atoms. The van der Waals surface area contributed by atoms with Crippen molar-refractivity contribution in [2.75, 3.05) is 37.6 Å². The standard InChI is InChI=1S/C23H25BrN4O3/c1-16-6-5-7-17(14-16)26-10-12-27(13-11-26)20(29)15-28-21(30)23(2,25-22(28)31)18-8-3-4-9-19(18)24/h3-9,14H,10-13,15H2,1-2H3,(H,25,31). The van der Waals surface area contributed by atoms with E-state index < -0.39 is 17.5 Å². The second-order valence-corrected chi connectivity index (χ2v) is 8.99. The van der Waals surface area contributed by atoms with E-state index in [1.54, 1.807) is 17.9 Å². The molecule has 8 heteroatoms. The molecule has 2 fully saturated rings. The van der Waals surface area contributed by atoms with Crippen LogP contribution in [0.2, 0.25) is 0 Å². The molecule has 2 aromatic rings. The van der Waals surface area contributed by atoms with Crippen molar-refractivity contribution < 1.29 is 14.4 Å². The number of nitrogens with one attached hydrogen (secondary N) is 1. The third-order valence-electron chi connectivity index (χ3n) is 5.98. The van der Waals surface area contributed by atoms with E-state index in [0.717, 1.165) is 15.1 Å². The Kier molecular flexibility index (Phi) is 5.75. The van der Waals surface area contributed by atoms with Gasteiger partial charge in [-0.2, -0.15) is 0 Å². The number of rotatable bonds is 4. The molecule has 4 amide bonds. The smallest absolute Gasteiger partial charge is 0.325 e. The molecule has 0 aromatic heterocycles. The van der Waals surface area contributed by atoms with Gasteiger partial charge >= 0.3 is 6.03 Å². The number of piperazine rings is 1. The van der Waals surface area contributed by atoms with E-state index in [9.17, 15) is 14.4 Å². The van der Waals surface area contributed by atoms with E-state index in [2.05, 4.69) is 51.3 Å². The number of anilines is 1. The van der Waals surface area contributed by atoms with Crippen LogP contribution in [0.15, 0.2) is 53.0 Å². The summed E-state index contributed by atoms with van der Waals surface area (Å²) >= 11 is 3.45. The minimum absolute atomic E-state index is 0.219. The molecule has 2 aliphatic rings. The summed E-state index contributed by atoms with van der Waals surface area (Å²) in [5, 5.41) is 2.76. The Hall–Kier alpha value is -2.87. The number of carbonyl (C=O) groups excluding carboxylic acids is 3. The first-order valence-corrected chi connectivity index (χ1v) is 11.1. The Bertz CT molecular complexity index is 1030. The van der Waals surface area contributed by atoms with Gasteiger partial charge in [-0.1, -0.05) is 46.3 Å². The molecule has 0 saturated carbocycles. The number of halogens is 1. The lowest BCUT2D eigenvalue weighted by molar-refractivity contribution is -0.139. The summed E-state index contributed by atoms with van der Waals surface area (Å²) in [5.74, 6) is -0.639. The first-order valence-electron chi connectivity index (χ1n) is 10.3. The topological polar surface area (TPSA) is 73.0 Å². The fourth-order valence-corrected chi connectivity index (χ4v) is 4.85. The van der Waals surface area contributed by atoms with E-state index in [1.165, 1.54) is 5.56 Å². The number of urea groups is 1. The van der Waals surface area contributed by atoms with Gasteiger partial charge in [0.2, 0.25) is 5.91 Å². The van der Waals surface area contributed by atoms with E-state index in [4.69, 9.17) is 0 Å². The first kappa shape index (κ1) is 21.4. The molecule has 0 spiro atoms. The summed E-state index contributed by atoms with van der Waals surface area (Å²) in [6.45, 7) is 6.00. The normalized spacial score (nSPS) is 21.5. The molecule has 7 nitrogen and oxygen atoms in total. The van der Waals surface area contributed by atoms with Crippen molar-refractivity contribution in [1.29, 1.82) is 0 Å². The second kappa shape index (κ2) is 8.34. The Morgan fingerprint density at radius 1 is 1.06 bits per heavy atom. The lowest BCUT2D eigenvalue weighted by Crippen LogP contribution is -2.52. The van der Waals surface area contributed by atoms with E-state index in [1.807, 2.05) is 24.3 Å². The molecule has 2 saturated heterocycles. The molecule has 1 N–H and O–H groups in total. The third-order valence-corrected chi connectivity index (χ3v) is 6.67. The monoisotopic (exact) mass is 484 g/mol. The highest BCUT2D eigenvalue weighted by molar-refractivity contribution is 9.10. The minimum Gasteiger partial charge on any atom is -0.368 e. The highest BCUT2D eigenvalue weighted by atomic mass is 79.9. The van der Waals surface area contributed by atoms with Crippen molar-refractivity contribution in [2.24, 2.45) is 0 Å². The molecular weight excluding hydrogens is 460 g/mol. The lowest BCUT2D eigenvalue weighted by Gasteiger charge is -2.36. The number of hydrogen-bond donors (Lipinski definition) is 1. The van der Waals surface area contributed by atoms with Crippen molar-refractivity contribution in [3.05, 3.63) is 64.1 Å². The van der Waals surface area contributed by atoms with Crippen LogP contribution in [0.25, 0.3) is 0 Å². The molecule has 4 rings (SSSR count). The highest BCUT2D eigenvalue weighted by Gasteiger charge is 2.50. The maximum atomic E-state index is 13.1. The van der Waals surface area contributed by atoms with E-state index >= 15 is 0 Å². The van der Waals surface area contributed by atoms with Crippen molar-refractivity contribution in [1.82, 2.24) is 15.1 Å². The van der Waals surface area contributed by atoms with Crippen LogP contribution < -0.4 is 10.2 Å². The third kappa shape index (κ3) is 4.04. The van der Waals surface area contributed by atoms with Crippen LogP contribution in [0.5, 0.6) is 0 Å². The molecule has 162 valence electrons. The largest absolute Gasteiger partial charge is 0.368 e. The Balaban J connectivity index is 1.41. The van der Waals surface area contributed by atoms with Gasteiger partial charge in [0.25, 0.3) is 5.91 Å². The maximum Gasteiger partial charge on any atom is 0.325 e. The number of benzene rings is 2. The summed E-state index contributed by atoms with van der Waals surface area (Å²) in [6.07, 6.45) is 0. The van der Waals surface area contributed by atoms with Gasteiger partial charge < -0.3 is 15.1 Å². The Morgan fingerprint density at radius 2 is 1.77 bits per heavy atom. The predicted octanol–water partition coefficient (Wildman–Crippen LogP) is 2.87. The first-order chi connectivity index (χ1) is 14.8. The van der Waals surface area contributed by atoms with Crippen LogP contribution >= 0.6 is 15.9 Å². The number of amides is 4. The molecule has 2 aromatic carbocycles. The minimum atomic E-state index is -1.21. The summed E-state index contributed by atoms with van der Waals surface area (Å²) in [5.41, 5.74) is 1.80. The van der Waals surface area contributed by atoms with Crippen LogP contribution in [0.4, 0.5) is 10.5 Å². The fourth-order valence-electron chi connectivity index (χ4n) is 4.16. The number of carbonyl (C=O) groups is 3. The quantitative estimate of drug-likeness (QED) is 0.677. The van der Waals surface area contributed by atoms with Crippen molar-refractivity contribution in [3.63, 3.8) is 0 Å². The second-order valence-electron chi connectivity index (χ2n) is 8.13. The number of imide groups is 1. The van der Waals surface area contributed by atoms with Gasteiger partial charge in [0.05, 0.1) is 0 Å². The molecular formula is C23H25BrN4O3. The van der Waals surface area contributed by atoms with Gasteiger partial charge in [-0.15, -0.1) is 0 Å². The zero-order chi connectivity index (χ0) is 22.2. The maximum absolute atomic E-state index is 13.1. The average Bonchev–Trinajstić information content (AvgIpc) is 2.98. The fraction of sp³-hybridized carbons (Fsp3) is 0.348. The van der Waals surface area contributed by atoms with Crippen LogP contribution in [0, 0.1) is 6.92 Å². The number of nitrogens with zero attached hydrogens (tertiary/aromatic N) is 3. The lowest BCUT2D eigenvalue weighted by atomic mass is 9.92. The molecule has 0 radical (unpaired) electrons. The highest BCUT2D eigenvalue weighted by Crippen LogP contribution is 2.33. The SMILES string of the molecule is Cc1cccc(N2CCN(C(=O)CN3C(=O)NC(C)(c4ccccc4Br)C3=O)CC2)c1. The van der Waals surface area contributed by atoms with Crippen LogP contribution in [0.3, 0.4) is 0 Å². The Labute approximate surface area is 190 Å². The Morgan fingerprint density at radius 3 is 2.45 bits per heavy atom. The zero-order valence-electron chi connectivity index (χ0n) is 17.6.